The monoisotopic (exact) mass is 484 g/mol. The number of likely N-dealkylation sites (N-methyl/N-ethyl adjacent to an activating group) is 1. The lowest BCUT2D eigenvalue weighted by atomic mass is 9.94. The Balaban J connectivity index is 1.69. The molecule has 1 saturated heterocycles. The van der Waals surface area contributed by atoms with E-state index in [-0.39, 0.29) is 11.3 Å². The third kappa shape index (κ3) is 4.06. The van der Waals surface area contributed by atoms with Crippen molar-refractivity contribution in [3.05, 3.63) is 89.0 Å². The van der Waals surface area contributed by atoms with Crippen LogP contribution >= 0.6 is 0 Å². The van der Waals surface area contributed by atoms with Gasteiger partial charge in [-0.1, -0.05) is 35.9 Å². The Hall–Kier alpha value is -4.26. The van der Waals surface area contributed by atoms with E-state index < -0.39 is 17.7 Å². The van der Waals surface area contributed by atoms with Crippen molar-refractivity contribution in [2.24, 2.45) is 0 Å². The number of ketones is 1. The van der Waals surface area contributed by atoms with Crippen LogP contribution in [0.4, 0.5) is 11.4 Å². The first-order valence-corrected chi connectivity index (χ1v) is 12.0. The molecule has 2 heterocycles. The maximum atomic E-state index is 13.5. The van der Waals surface area contributed by atoms with Gasteiger partial charge in [-0.2, -0.15) is 0 Å². The number of ether oxygens (including phenoxy) is 2. The first-order chi connectivity index (χ1) is 17.4. The van der Waals surface area contributed by atoms with E-state index in [1.54, 1.807) is 42.5 Å². The van der Waals surface area contributed by atoms with Gasteiger partial charge in [0, 0.05) is 24.4 Å². The Morgan fingerprint density at radius 3 is 2.67 bits per heavy atom. The van der Waals surface area contributed by atoms with Crippen molar-refractivity contribution in [2.75, 3.05) is 36.6 Å². The second-order valence-electron chi connectivity index (χ2n) is 8.97. The van der Waals surface area contributed by atoms with Crippen LogP contribution in [0.3, 0.4) is 0 Å². The van der Waals surface area contributed by atoms with E-state index in [2.05, 4.69) is 0 Å². The van der Waals surface area contributed by atoms with Crippen molar-refractivity contribution in [2.45, 2.75) is 19.9 Å². The number of carbonyl (C=O) groups excluding carboxylic acids is 2. The average molecular weight is 485 g/mol. The van der Waals surface area contributed by atoms with Gasteiger partial charge in [-0.3, -0.25) is 14.5 Å². The summed E-state index contributed by atoms with van der Waals surface area (Å²) in [6.07, 6.45) is 0. The lowest BCUT2D eigenvalue weighted by Gasteiger charge is -2.28. The van der Waals surface area contributed by atoms with Crippen molar-refractivity contribution in [1.29, 1.82) is 0 Å². The van der Waals surface area contributed by atoms with Crippen LogP contribution in [0.25, 0.3) is 5.76 Å². The third-order valence-corrected chi connectivity index (χ3v) is 6.54. The third-order valence-electron chi connectivity index (χ3n) is 6.54. The largest absolute Gasteiger partial charge is 0.507 e. The van der Waals surface area contributed by atoms with Gasteiger partial charge in [-0.25, -0.2) is 0 Å². The first-order valence-electron chi connectivity index (χ1n) is 12.0. The van der Waals surface area contributed by atoms with Gasteiger partial charge in [0.2, 0.25) is 0 Å². The number of anilines is 2. The maximum absolute atomic E-state index is 13.5. The molecule has 1 unspecified atom stereocenters. The molecule has 0 bridgehead atoms. The van der Waals surface area contributed by atoms with Crippen molar-refractivity contribution in [1.82, 2.24) is 0 Å². The Kier molecular flexibility index (Phi) is 6.14. The summed E-state index contributed by atoms with van der Waals surface area (Å²) in [4.78, 5) is 30.4. The van der Waals surface area contributed by atoms with E-state index in [1.807, 2.05) is 50.1 Å². The minimum absolute atomic E-state index is 0.0479. The van der Waals surface area contributed by atoms with Crippen LogP contribution in [0, 0.1) is 6.92 Å². The van der Waals surface area contributed by atoms with E-state index in [9.17, 15) is 14.7 Å². The van der Waals surface area contributed by atoms with Crippen molar-refractivity contribution in [3.8, 4) is 11.5 Å². The topological polar surface area (TPSA) is 79.3 Å². The predicted molar refractivity (Wildman–Crippen MR) is 139 cm³/mol. The van der Waals surface area contributed by atoms with Crippen LogP contribution in [0.15, 0.2) is 72.3 Å². The van der Waals surface area contributed by atoms with Crippen LogP contribution in [0.2, 0.25) is 0 Å². The highest BCUT2D eigenvalue weighted by molar-refractivity contribution is 6.51. The van der Waals surface area contributed by atoms with Gasteiger partial charge in [0.1, 0.15) is 23.9 Å². The number of Topliss-reactive ketones (excluding diaryl/α,β-unsaturated/α-hetero) is 1. The van der Waals surface area contributed by atoms with Crippen molar-refractivity contribution < 1.29 is 24.2 Å². The Bertz CT molecular complexity index is 1380. The fourth-order valence-corrected chi connectivity index (χ4v) is 4.80. The summed E-state index contributed by atoms with van der Waals surface area (Å²) in [6, 6.07) is 19.2. The van der Waals surface area contributed by atoms with Crippen LogP contribution < -0.4 is 19.3 Å². The van der Waals surface area contributed by atoms with E-state index in [4.69, 9.17) is 9.47 Å². The summed E-state index contributed by atoms with van der Waals surface area (Å²) in [5, 5.41) is 11.5. The molecule has 0 aromatic heterocycles. The predicted octanol–water partition coefficient (Wildman–Crippen LogP) is 4.85. The highest BCUT2D eigenvalue weighted by Crippen LogP contribution is 2.44. The Morgan fingerprint density at radius 2 is 1.89 bits per heavy atom. The number of hydrogen-bond acceptors (Lipinski definition) is 6. The number of amides is 1. The molecule has 36 heavy (non-hydrogen) atoms. The van der Waals surface area contributed by atoms with Crippen molar-refractivity contribution >= 4 is 28.8 Å². The molecule has 184 valence electrons. The highest BCUT2D eigenvalue weighted by Gasteiger charge is 2.47. The highest BCUT2D eigenvalue weighted by atomic mass is 16.5. The molecule has 1 N–H and O–H groups in total. The van der Waals surface area contributed by atoms with Gasteiger partial charge in [-0.05, 0) is 49.7 Å². The molecule has 2 aliphatic rings. The number of nitrogens with zero attached hydrogens (tertiary/aromatic N) is 2. The number of benzene rings is 3. The van der Waals surface area contributed by atoms with Gasteiger partial charge in [0.25, 0.3) is 11.7 Å². The summed E-state index contributed by atoms with van der Waals surface area (Å²) >= 11 is 0. The molecule has 0 saturated carbocycles. The number of carbonyl (C=O) groups is 2. The molecule has 1 atom stereocenters. The van der Waals surface area contributed by atoms with E-state index in [0.717, 1.165) is 16.8 Å². The molecule has 3 aromatic carbocycles. The lowest BCUT2D eigenvalue weighted by Crippen LogP contribution is -2.29. The molecule has 2 aliphatic heterocycles. The number of aryl methyl sites for hydroxylation is 1. The summed E-state index contributed by atoms with van der Waals surface area (Å²) in [7, 11) is 1.95. The Labute approximate surface area is 210 Å². The normalized spacial score (nSPS) is 18.7. The average Bonchev–Trinajstić information content (AvgIpc) is 3.14. The number of rotatable bonds is 5. The summed E-state index contributed by atoms with van der Waals surface area (Å²) in [6.45, 7) is 5.59. The molecular weight excluding hydrogens is 456 g/mol. The zero-order valence-electron chi connectivity index (χ0n) is 20.5. The van der Waals surface area contributed by atoms with Crippen molar-refractivity contribution in [3.63, 3.8) is 0 Å². The SMILES string of the molecule is CCOc1cccc(N2C(=O)C(=O)/C(=C(\O)c3ccc4c(c3)N(C)CCO4)C2c2cccc(C)c2)c1. The molecule has 7 nitrogen and oxygen atoms in total. The standard InChI is InChI=1S/C29H28N2O5/c1-4-35-22-10-6-9-21(17-22)31-26(19-8-5-7-18(2)15-19)25(28(33)29(31)34)27(32)20-11-12-24-23(16-20)30(3)13-14-36-24/h5-12,15-17,26,32H,4,13-14H2,1-3H3/b27-25-. The van der Waals surface area contributed by atoms with Gasteiger partial charge in [0.15, 0.2) is 0 Å². The molecule has 0 spiro atoms. The molecule has 3 aromatic rings. The quantitative estimate of drug-likeness (QED) is 0.317. The second-order valence-corrected chi connectivity index (χ2v) is 8.97. The van der Waals surface area contributed by atoms with E-state index >= 15 is 0 Å². The minimum Gasteiger partial charge on any atom is -0.507 e. The van der Waals surface area contributed by atoms with Gasteiger partial charge >= 0.3 is 0 Å². The minimum atomic E-state index is -0.799. The van der Waals surface area contributed by atoms with Crippen LogP contribution in [0.5, 0.6) is 11.5 Å². The van der Waals surface area contributed by atoms with Gasteiger partial charge in [-0.15, -0.1) is 0 Å². The van der Waals surface area contributed by atoms with Crippen LogP contribution in [-0.4, -0.2) is 43.6 Å². The molecule has 7 heteroatoms. The van der Waals surface area contributed by atoms with Gasteiger partial charge in [0.05, 0.1) is 30.5 Å². The number of fused-ring (bicyclic) bond motifs is 1. The second kappa shape index (κ2) is 9.41. The molecule has 0 radical (unpaired) electrons. The number of hydrogen-bond donors (Lipinski definition) is 1. The van der Waals surface area contributed by atoms with Crippen LogP contribution in [-0.2, 0) is 9.59 Å². The number of aliphatic hydroxyl groups is 1. The smallest absolute Gasteiger partial charge is 0.300 e. The van der Waals surface area contributed by atoms with E-state index in [1.165, 1.54) is 4.90 Å². The van der Waals surface area contributed by atoms with E-state index in [0.29, 0.717) is 42.5 Å². The Morgan fingerprint density at radius 1 is 1.08 bits per heavy atom. The molecule has 0 aliphatic carbocycles. The zero-order chi connectivity index (χ0) is 25.4. The zero-order valence-corrected chi connectivity index (χ0v) is 20.5. The summed E-state index contributed by atoms with van der Waals surface area (Å²) < 4.78 is 11.4. The fourth-order valence-electron chi connectivity index (χ4n) is 4.80. The summed E-state index contributed by atoms with van der Waals surface area (Å²) in [5.41, 5.74) is 3.55. The fraction of sp³-hybridized carbons (Fsp3) is 0.241. The molecule has 1 fully saturated rings. The first kappa shape index (κ1) is 23.5. The molecular formula is C29H28N2O5. The lowest BCUT2D eigenvalue weighted by molar-refractivity contribution is -0.132. The maximum Gasteiger partial charge on any atom is 0.300 e. The van der Waals surface area contributed by atoms with Gasteiger partial charge < -0.3 is 19.5 Å². The molecule has 1 amide bonds. The van der Waals surface area contributed by atoms with Crippen LogP contribution in [0.1, 0.15) is 29.7 Å². The molecule has 5 rings (SSSR count). The summed E-state index contributed by atoms with van der Waals surface area (Å²) in [5.74, 6) is -0.343. The number of aliphatic hydroxyl groups excluding tert-OH is 1.